The summed E-state index contributed by atoms with van der Waals surface area (Å²) in [6.07, 6.45) is -4.84. The van der Waals surface area contributed by atoms with Crippen molar-refractivity contribution in [3.63, 3.8) is 0 Å². The Labute approximate surface area is 118 Å². The van der Waals surface area contributed by atoms with E-state index in [1.165, 1.54) is 12.1 Å². The van der Waals surface area contributed by atoms with Crippen molar-refractivity contribution >= 4 is 5.78 Å². The van der Waals surface area contributed by atoms with E-state index in [4.69, 9.17) is 0 Å². The van der Waals surface area contributed by atoms with Crippen LogP contribution in [0.5, 0.6) is 0 Å². The topological polar surface area (TPSA) is 17.1 Å². The molecular weight excluding hydrogens is 265 g/mol. The molecule has 20 heavy (non-hydrogen) atoms. The summed E-state index contributed by atoms with van der Waals surface area (Å²) in [6.45, 7) is 11.5. The SMILES string of the molecule is CC(C)(C)c1cc(C(=O)C(F)(F)F)cc(C(C)(C)C)c1. The molecule has 1 nitrogen and oxygen atoms in total. The smallest absolute Gasteiger partial charge is 0.284 e. The van der Waals surface area contributed by atoms with Gasteiger partial charge in [-0.3, -0.25) is 4.79 Å². The summed E-state index contributed by atoms with van der Waals surface area (Å²) in [5, 5.41) is 0. The average Bonchev–Trinajstić information content (AvgIpc) is 2.23. The number of halogens is 3. The highest BCUT2D eigenvalue weighted by Crippen LogP contribution is 2.32. The van der Waals surface area contributed by atoms with Gasteiger partial charge >= 0.3 is 6.18 Å². The Kier molecular flexibility index (Phi) is 4.10. The van der Waals surface area contributed by atoms with Crippen LogP contribution < -0.4 is 0 Å². The molecule has 1 rings (SSSR count). The van der Waals surface area contributed by atoms with Gasteiger partial charge in [-0.05, 0) is 34.1 Å². The molecule has 0 spiro atoms. The zero-order valence-electron chi connectivity index (χ0n) is 12.8. The number of benzene rings is 1. The van der Waals surface area contributed by atoms with Crippen LogP contribution in [-0.2, 0) is 10.8 Å². The highest BCUT2D eigenvalue weighted by molar-refractivity contribution is 6.00. The minimum Gasteiger partial charge on any atom is -0.284 e. The van der Waals surface area contributed by atoms with Crippen LogP contribution in [0, 0.1) is 0 Å². The zero-order chi connectivity index (χ0) is 15.9. The van der Waals surface area contributed by atoms with Crippen molar-refractivity contribution in [1.82, 2.24) is 0 Å². The van der Waals surface area contributed by atoms with E-state index in [-0.39, 0.29) is 16.4 Å². The largest absolute Gasteiger partial charge is 0.454 e. The lowest BCUT2D eigenvalue weighted by Gasteiger charge is -2.26. The van der Waals surface area contributed by atoms with Crippen LogP contribution in [0.3, 0.4) is 0 Å². The van der Waals surface area contributed by atoms with Crippen LogP contribution in [0.25, 0.3) is 0 Å². The normalized spacial score (nSPS) is 13.4. The van der Waals surface area contributed by atoms with Gasteiger partial charge in [0.1, 0.15) is 0 Å². The Morgan fingerprint density at radius 2 is 1.15 bits per heavy atom. The predicted molar refractivity (Wildman–Crippen MR) is 74.2 cm³/mol. The molecule has 0 saturated heterocycles. The number of ketones is 1. The Morgan fingerprint density at radius 1 is 0.800 bits per heavy atom. The fraction of sp³-hybridized carbons (Fsp3) is 0.562. The molecule has 0 radical (unpaired) electrons. The summed E-state index contributed by atoms with van der Waals surface area (Å²) in [5.41, 5.74) is 0.550. The maximum Gasteiger partial charge on any atom is 0.454 e. The van der Waals surface area contributed by atoms with Gasteiger partial charge in [0.15, 0.2) is 0 Å². The maximum absolute atomic E-state index is 12.6. The molecule has 0 aliphatic rings. The van der Waals surface area contributed by atoms with Gasteiger partial charge in [0.25, 0.3) is 5.78 Å². The fourth-order valence-corrected chi connectivity index (χ4v) is 1.79. The maximum atomic E-state index is 12.6. The van der Waals surface area contributed by atoms with Gasteiger partial charge in [0.2, 0.25) is 0 Å². The quantitative estimate of drug-likeness (QED) is 0.662. The second-order valence-corrected chi connectivity index (χ2v) is 7.13. The minimum absolute atomic E-state index is 0.283. The van der Waals surface area contributed by atoms with E-state index in [0.717, 1.165) is 11.1 Å². The first kappa shape index (κ1) is 16.7. The minimum atomic E-state index is -4.84. The lowest BCUT2D eigenvalue weighted by molar-refractivity contribution is -0.0885. The molecule has 0 N–H and O–H groups in total. The van der Waals surface area contributed by atoms with Crippen molar-refractivity contribution in [2.24, 2.45) is 0 Å². The van der Waals surface area contributed by atoms with Crippen LogP contribution in [0.1, 0.15) is 63.0 Å². The van der Waals surface area contributed by atoms with Crippen LogP contribution in [0.15, 0.2) is 18.2 Å². The molecule has 0 aliphatic carbocycles. The Balaban J connectivity index is 3.51. The number of hydrogen-bond acceptors (Lipinski definition) is 1. The highest BCUT2D eigenvalue weighted by Gasteiger charge is 2.40. The summed E-state index contributed by atoms with van der Waals surface area (Å²) in [6, 6.07) is 4.59. The molecule has 0 saturated carbocycles. The van der Waals surface area contributed by atoms with Gasteiger partial charge in [-0.15, -0.1) is 0 Å². The first-order chi connectivity index (χ1) is 8.73. The third-order valence-electron chi connectivity index (χ3n) is 3.18. The molecule has 0 atom stereocenters. The average molecular weight is 286 g/mol. The van der Waals surface area contributed by atoms with Crippen molar-refractivity contribution in [2.75, 3.05) is 0 Å². The van der Waals surface area contributed by atoms with Crippen LogP contribution >= 0.6 is 0 Å². The lowest BCUT2D eigenvalue weighted by atomic mass is 9.79. The van der Waals surface area contributed by atoms with Crippen molar-refractivity contribution < 1.29 is 18.0 Å². The second-order valence-electron chi connectivity index (χ2n) is 7.13. The van der Waals surface area contributed by atoms with E-state index < -0.39 is 12.0 Å². The number of hydrogen-bond donors (Lipinski definition) is 0. The van der Waals surface area contributed by atoms with E-state index in [1.807, 2.05) is 47.6 Å². The third-order valence-corrected chi connectivity index (χ3v) is 3.18. The van der Waals surface area contributed by atoms with Gasteiger partial charge < -0.3 is 0 Å². The zero-order valence-corrected chi connectivity index (χ0v) is 12.8. The number of rotatable bonds is 1. The Bertz CT molecular complexity index is 482. The fourth-order valence-electron chi connectivity index (χ4n) is 1.79. The summed E-state index contributed by atoms with van der Waals surface area (Å²) in [7, 11) is 0. The van der Waals surface area contributed by atoms with Gasteiger partial charge in [0, 0.05) is 5.56 Å². The van der Waals surface area contributed by atoms with E-state index in [1.54, 1.807) is 0 Å². The lowest BCUT2D eigenvalue weighted by Crippen LogP contribution is -2.25. The van der Waals surface area contributed by atoms with Crippen molar-refractivity contribution in [3.05, 3.63) is 34.9 Å². The van der Waals surface area contributed by atoms with Gasteiger partial charge in [-0.25, -0.2) is 0 Å². The Morgan fingerprint density at radius 3 is 1.40 bits per heavy atom. The van der Waals surface area contributed by atoms with E-state index in [9.17, 15) is 18.0 Å². The molecule has 0 amide bonds. The number of alkyl halides is 3. The summed E-state index contributed by atoms with van der Waals surface area (Å²) < 4.78 is 37.9. The number of carbonyl (C=O) groups is 1. The molecule has 0 fully saturated rings. The van der Waals surface area contributed by atoms with E-state index >= 15 is 0 Å². The Hall–Kier alpha value is -1.32. The number of carbonyl (C=O) groups excluding carboxylic acids is 1. The molecule has 4 heteroatoms. The van der Waals surface area contributed by atoms with E-state index in [2.05, 4.69) is 0 Å². The van der Waals surface area contributed by atoms with Crippen LogP contribution in [0.4, 0.5) is 13.2 Å². The molecule has 1 aromatic rings. The predicted octanol–water partition coefficient (Wildman–Crippen LogP) is 5.03. The standard InChI is InChI=1S/C16H21F3O/c1-14(2,3)11-7-10(13(20)16(17,18)19)8-12(9-11)15(4,5)6/h7-9H,1-6H3. The van der Waals surface area contributed by atoms with Crippen LogP contribution in [-0.4, -0.2) is 12.0 Å². The summed E-state index contributed by atoms with van der Waals surface area (Å²) in [5.74, 6) is -1.78. The van der Waals surface area contributed by atoms with Gasteiger partial charge in [0.05, 0.1) is 0 Å². The van der Waals surface area contributed by atoms with E-state index in [0.29, 0.717) is 0 Å². The van der Waals surface area contributed by atoms with Crippen molar-refractivity contribution in [3.8, 4) is 0 Å². The molecule has 0 heterocycles. The molecule has 1 aromatic carbocycles. The first-order valence-corrected chi connectivity index (χ1v) is 6.50. The summed E-state index contributed by atoms with van der Waals surface area (Å²) in [4.78, 5) is 11.5. The van der Waals surface area contributed by atoms with Gasteiger partial charge in [-0.1, -0.05) is 47.6 Å². The second kappa shape index (κ2) is 4.90. The molecule has 0 bridgehead atoms. The van der Waals surface area contributed by atoms with Crippen molar-refractivity contribution in [2.45, 2.75) is 58.5 Å². The first-order valence-electron chi connectivity index (χ1n) is 6.50. The number of Topliss-reactive ketones (excluding diaryl/α,β-unsaturated/α-hetero) is 1. The molecule has 0 aromatic heterocycles. The molecule has 0 unspecified atom stereocenters. The van der Waals surface area contributed by atoms with Crippen molar-refractivity contribution in [1.29, 1.82) is 0 Å². The van der Waals surface area contributed by atoms with Gasteiger partial charge in [-0.2, -0.15) is 13.2 Å². The molecule has 0 aliphatic heterocycles. The van der Waals surface area contributed by atoms with Crippen LogP contribution in [0.2, 0.25) is 0 Å². The highest BCUT2D eigenvalue weighted by atomic mass is 19.4. The summed E-state index contributed by atoms with van der Waals surface area (Å²) >= 11 is 0. The molecule has 112 valence electrons. The molecular formula is C16H21F3O. The monoisotopic (exact) mass is 286 g/mol. The third kappa shape index (κ3) is 3.84.